The summed E-state index contributed by atoms with van der Waals surface area (Å²) in [7, 11) is 0. The molecule has 0 amide bonds. The smallest absolute Gasteiger partial charge is 0.0626 e. The zero-order chi connectivity index (χ0) is 6.81. The molecule has 0 aromatic carbocycles. The van der Waals surface area contributed by atoms with Gasteiger partial charge >= 0.3 is 0 Å². The van der Waals surface area contributed by atoms with Crippen molar-refractivity contribution in [1.29, 1.82) is 0 Å². The molecule has 3 N–H and O–H groups in total. The molecule has 1 fully saturated rings. The van der Waals surface area contributed by atoms with Crippen molar-refractivity contribution in [2.24, 2.45) is 0 Å². The van der Waals surface area contributed by atoms with Gasteiger partial charge in [-0.3, -0.25) is 10.4 Å². The first-order valence-corrected chi connectivity index (χ1v) is 3.40. The van der Waals surface area contributed by atoms with E-state index in [0.29, 0.717) is 6.04 Å². The average Bonchev–Trinajstić information content (AvgIpc) is 2.59. The van der Waals surface area contributed by atoms with Crippen molar-refractivity contribution in [3.63, 3.8) is 0 Å². The van der Waals surface area contributed by atoms with Gasteiger partial charge in [0.1, 0.15) is 0 Å². The Kier molecular flexibility index (Phi) is 1.41. The first-order valence-electron chi connectivity index (χ1n) is 3.40. The quantitative estimate of drug-likeness (QED) is 0.495. The third-order valence-corrected chi connectivity index (χ3v) is 1.72. The van der Waals surface area contributed by atoms with E-state index >= 15 is 0 Å². The summed E-state index contributed by atoms with van der Waals surface area (Å²) in [5.74, 6) is 0. The van der Waals surface area contributed by atoms with Crippen molar-refractivity contribution >= 4 is 0 Å². The van der Waals surface area contributed by atoms with Crippen molar-refractivity contribution in [3.05, 3.63) is 18.0 Å². The number of hydrogen-bond acceptors (Lipinski definition) is 3. The molecule has 10 heavy (non-hydrogen) atoms. The van der Waals surface area contributed by atoms with Crippen LogP contribution < -0.4 is 10.6 Å². The van der Waals surface area contributed by atoms with Gasteiger partial charge in [-0.05, 0) is 6.07 Å². The second-order valence-corrected chi connectivity index (χ2v) is 2.40. The Balaban J connectivity index is 2.12. The SMILES string of the molecule is c1cc(C2CNCN2)[nH]n1. The maximum atomic E-state index is 3.87. The van der Waals surface area contributed by atoms with Crippen LogP contribution in [0.1, 0.15) is 11.7 Å². The van der Waals surface area contributed by atoms with Crippen LogP contribution in [0.25, 0.3) is 0 Å². The summed E-state index contributed by atoms with van der Waals surface area (Å²) < 4.78 is 0. The van der Waals surface area contributed by atoms with Gasteiger partial charge in [0.2, 0.25) is 0 Å². The van der Waals surface area contributed by atoms with Crippen LogP contribution in [0, 0.1) is 0 Å². The lowest BCUT2D eigenvalue weighted by atomic mass is 10.2. The lowest BCUT2D eigenvalue weighted by Crippen LogP contribution is -2.15. The van der Waals surface area contributed by atoms with Gasteiger partial charge in [-0.1, -0.05) is 0 Å². The first kappa shape index (κ1) is 5.88. The summed E-state index contributed by atoms with van der Waals surface area (Å²) >= 11 is 0. The molecule has 0 saturated carbocycles. The van der Waals surface area contributed by atoms with Gasteiger partial charge < -0.3 is 5.32 Å². The van der Waals surface area contributed by atoms with E-state index in [-0.39, 0.29) is 0 Å². The molecule has 1 aliphatic heterocycles. The number of aromatic nitrogens is 2. The molecule has 1 aromatic heterocycles. The maximum absolute atomic E-state index is 3.87. The Bertz CT molecular complexity index is 188. The first-order chi connectivity index (χ1) is 4.97. The van der Waals surface area contributed by atoms with E-state index in [4.69, 9.17) is 0 Å². The highest BCUT2D eigenvalue weighted by Gasteiger charge is 2.15. The molecule has 4 heteroatoms. The minimum atomic E-state index is 0.419. The Morgan fingerprint density at radius 1 is 1.60 bits per heavy atom. The van der Waals surface area contributed by atoms with Gasteiger partial charge in [-0.2, -0.15) is 5.10 Å². The third-order valence-electron chi connectivity index (χ3n) is 1.72. The molecule has 1 unspecified atom stereocenters. The van der Waals surface area contributed by atoms with Gasteiger partial charge in [0.15, 0.2) is 0 Å². The summed E-state index contributed by atoms with van der Waals surface area (Å²) in [6, 6.07) is 2.41. The van der Waals surface area contributed by atoms with Crippen molar-refractivity contribution in [1.82, 2.24) is 20.8 Å². The fraction of sp³-hybridized carbons (Fsp3) is 0.500. The Morgan fingerprint density at radius 3 is 3.20 bits per heavy atom. The number of H-pyrrole nitrogens is 1. The summed E-state index contributed by atoms with van der Waals surface area (Å²) in [5, 5.41) is 13.3. The Labute approximate surface area is 59.0 Å². The van der Waals surface area contributed by atoms with Crippen molar-refractivity contribution in [2.45, 2.75) is 6.04 Å². The van der Waals surface area contributed by atoms with Crippen molar-refractivity contribution in [2.75, 3.05) is 13.2 Å². The lowest BCUT2D eigenvalue weighted by molar-refractivity contribution is 0.653. The topological polar surface area (TPSA) is 52.7 Å². The highest BCUT2D eigenvalue weighted by atomic mass is 15.2. The summed E-state index contributed by atoms with van der Waals surface area (Å²) in [4.78, 5) is 0. The molecule has 0 spiro atoms. The van der Waals surface area contributed by atoms with Gasteiger partial charge in [0.05, 0.1) is 11.7 Å². The number of nitrogens with one attached hydrogen (secondary N) is 3. The number of rotatable bonds is 1. The minimum absolute atomic E-state index is 0.419. The van der Waals surface area contributed by atoms with Gasteiger partial charge in [-0.25, -0.2) is 0 Å². The number of nitrogens with zero attached hydrogens (tertiary/aromatic N) is 1. The fourth-order valence-corrected chi connectivity index (χ4v) is 1.16. The fourth-order valence-electron chi connectivity index (χ4n) is 1.16. The molecule has 2 heterocycles. The molecule has 0 radical (unpaired) electrons. The predicted octanol–water partition coefficient (Wildman–Crippen LogP) is -0.399. The zero-order valence-electron chi connectivity index (χ0n) is 5.59. The molecular formula is C6H10N4. The molecule has 4 nitrogen and oxygen atoms in total. The molecule has 1 aromatic rings. The van der Waals surface area contributed by atoms with Crippen LogP contribution in [0.3, 0.4) is 0 Å². The monoisotopic (exact) mass is 138 g/mol. The van der Waals surface area contributed by atoms with Crippen molar-refractivity contribution < 1.29 is 0 Å². The molecule has 54 valence electrons. The number of aromatic amines is 1. The summed E-state index contributed by atoms with van der Waals surface area (Å²) in [5.41, 5.74) is 1.16. The normalized spacial score (nSPS) is 25.4. The second kappa shape index (κ2) is 2.40. The maximum Gasteiger partial charge on any atom is 0.0626 e. The summed E-state index contributed by atoms with van der Waals surface area (Å²) in [6.07, 6.45) is 1.77. The van der Waals surface area contributed by atoms with Gasteiger partial charge in [-0.15, -0.1) is 0 Å². The molecule has 0 aliphatic carbocycles. The van der Waals surface area contributed by atoms with Crippen LogP contribution in [0.2, 0.25) is 0 Å². The second-order valence-electron chi connectivity index (χ2n) is 2.40. The van der Waals surface area contributed by atoms with Crippen LogP contribution >= 0.6 is 0 Å². The molecule has 1 atom stereocenters. The highest BCUT2D eigenvalue weighted by molar-refractivity contribution is 5.06. The largest absolute Gasteiger partial charge is 0.303 e. The van der Waals surface area contributed by atoms with E-state index in [1.807, 2.05) is 6.07 Å². The number of hydrogen-bond donors (Lipinski definition) is 3. The highest BCUT2D eigenvalue weighted by Crippen LogP contribution is 2.09. The van der Waals surface area contributed by atoms with Crippen LogP contribution in [-0.2, 0) is 0 Å². The van der Waals surface area contributed by atoms with Crippen LogP contribution in [0.4, 0.5) is 0 Å². The Hall–Kier alpha value is -0.870. The molecule has 2 rings (SSSR count). The standard InChI is InChI=1S/C6H10N4/c1-2-9-10-5(1)6-3-7-4-8-6/h1-2,6-8H,3-4H2,(H,9,10). The van der Waals surface area contributed by atoms with E-state index in [1.165, 1.54) is 0 Å². The minimum Gasteiger partial charge on any atom is -0.303 e. The van der Waals surface area contributed by atoms with E-state index in [9.17, 15) is 0 Å². The van der Waals surface area contributed by atoms with Gasteiger partial charge in [0, 0.05) is 19.4 Å². The molecule has 0 bridgehead atoms. The predicted molar refractivity (Wildman–Crippen MR) is 37.3 cm³/mol. The third kappa shape index (κ3) is 0.913. The zero-order valence-corrected chi connectivity index (χ0v) is 5.59. The van der Waals surface area contributed by atoms with E-state index in [0.717, 1.165) is 18.9 Å². The average molecular weight is 138 g/mol. The molecule has 1 aliphatic rings. The molecular weight excluding hydrogens is 128 g/mol. The van der Waals surface area contributed by atoms with Crippen LogP contribution in [-0.4, -0.2) is 23.4 Å². The molecule has 1 saturated heterocycles. The summed E-state index contributed by atoms with van der Waals surface area (Å²) in [6.45, 7) is 1.88. The van der Waals surface area contributed by atoms with E-state index < -0.39 is 0 Å². The van der Waals surface area contributed by atoms with Gasteiger partial charge in [0.25, 0.3) is 0 Å². The van der Waals surface area contributed by atoms with Crippen LogP contribution in [0.5, 0.6) is 0 Å². The Morgan fingerprint density at radius 2 is 2.60 bits per heavy atom. The van der Waals surface area contributed by atoms with E-state index in [2.05, 4.69) is 20.8 Å². The van der Waals surface area contributed by atoms with E-state index in [1.54, 1.807) is 6.20 Å². The van der Waals surface area contributed by atoms with Crippen molar-refractivity contribution in [3.8, 4) is 0 Å². The lowest BCUT2D eigenvalue weighted by Gasteiger charge is -2.03. The van der Waals surface area contributed by atoms with Crippen LogP contribution in [0.15, 0.2) is 12.3 Å².